The largest absolute Gasteiger partial charge is 0.309 e. The first-order valence-corrected chi connectivity index (χ1v) is 8.07. The SMILES string of the molecule is CC.CCCCCCN(CCC)CCCN(C)C. The van der Waals surface area contributed by atoms with Gasteiger partial charge in [0, 0.05) is 0 Å². The lowest BCUT2D eigenvalue weighted by Crippen LogP contribution is -2.29. The molecule has 112 valence electrons. The second-order valence-electron chi connectivity index (χ2n) is 5.06. The molecule has 0 saturated carbocycles. The van der Waals surface area contributed by atoms with E-state index in [9.17, 15) is 0 Å². The fourth-order valence-corrected chi connectivity index (χ4v) is 2.02. The molecule has 0 bridgehead atoms. The van der Waals surface area contributed by atoms with Crippen molar-refractivity contribution in [2.24, 2.45) is 0 Å². The van der Waals surface area contributed by atoms with Crippen LogP contribution in [0.2, 0.25) is 0 Å². The van der Waals surface area contributed by atoms with E-state index in [0.29, 0.717) is 0 Å². The van der Waals surface area contributed by atoms with Crippen LogP contribution in [0.5, 0.6) is 0 Å². The Morgan fingerprint density at radius 2 is 1.22 bits per heavy atom. The molecular weight excluding hydrogens is 220 g/mol. The molecule has 18 heavy (non-hydrogen) atoms. The van der Waals surface area contributed by atoms with Crippen LogP contribution in [-0.2, 0) is 0 Å². The van der Waals surface area contributed by atoms with E-state index < -0.39 is 0 Å². The second kappa shape index (κ2) is 16.9. The Morgan fingerprint density at radius 1 is 0.611 bits per heavy atom. The van der Waals surface area contributed by atoms with Crippen molar-refractivity contribution in [2.45, 2.75) is 66.2 Å². The molecule has 0 rings (SSSR count). The monoisotopic (exact) mass is 258 g/mol. The molecule has 0 N–H and O–H groups in total. The van der Waals surface area contributed by atoms with Crippen molar-refractivity contribution in [3.05, 3.63) is 0 Å². The number of unbranched alkanes of at least 4 members (excludes halogenated alkanes) is 3. The van der Waals surface area contributed by atoms with Gasteiger partial charge in [0.25, 0.3) is 0 Å². The summed E-state index contributed by atoms with van der Waals surface area (Å²) >= 11 is 0. The van der Waals surface area contributed by atoms with Crippen LogP contribution in [-0.4, -0.2) is 50.1 Å². The van der Waals surface area contributed by atoms with E-state index in [0.717, 1.165) is 0 Å². The molecule has 0 amide bonds. The van der Waals surface area contributed by atoms with Gasteiger partial charge in [-0.2, -0.15) is 0 Å². The van der Waals surface area contributed by atoms with E-state index >= 15 is 0 Å². The van der Waals surface area contributed by atoms with Crippen LogP contribution < -0.4 is 0 Å². The first kappa shape index (κ1) is 20.2. The van der Waals surface area contributed by atoms with Crippen LogP contribution >= 0.6 is 0 Å². The van der Waals surface area contributed by atoms with Gasteiger partial charge in [0.2, 0.25) is 0 Å². The Labute approximate surface area is 117 Å². The minimum absolute atomic E-state index is 1.22. The summed E-state index contributed by atoms with van der Waals surface area (Å²) in [7, 11) is 4.32. The van der Waals surface area contributed by atoms with Gasteiger partial charge in [-0.15, -0.1) is 0 Å². The Bertz CT molecular complexity index is 135. The van der Waals surface area contributed by atoms with Crippen molar-refractivity contribution in [3.63, 3.8) is 0 Å². The van der Waals surface area contributed by atoms with Crippen LogP contribution in [0, 0.1) is 0 Å². The predicted octanol–water partition coefficient (Wildman–Crippen LogP) is 4.26. The Morgan fingerprint density at radius 3 is 1.72 bits per heavy atom. The highest BCUT2D eigenvalue weighted by Gasteiger charge is 2.03. The van der Waals surface area contributed by atoms with Crippen LogP contribution in [0.3, 0.4) is 0 Å². The van der Waals surface area contributed by atoms with Crippen LogP contribution in [0.1, 0.15) is 66.2 Å². The second-order valence-corrected chi connectivity index (χ2v) is 5.06. The summed E-state index contributed by atoms with van der Waals surface area (Å²) < 4.78 is 0. The minimum Gasteiger partial charge on any atom is -0.309 e. The third kappa shape index (κ3) is 15.9. The maximum Gasteiger partial charge on any atom is -0.000655 e. The molecule has 0 aromatic carbocycles. The standard InChI is InChI=1S/C14H32N2.C2H6/c1-5-7-8-9-13-16(11-6-2)14-10-12-15(3)4;1-2/h5-14H2,1-4H3;1-2H3. The van der Waals surface area contributed by atoms with Crippen molar-refractivity contribution in [1.82, 2.24) is 9.80 Å². The van der Waals surface area contributed by atoms with Gasteiger partial charge in [-0.1, -0.05) is 47.0 Å². The van der Waals surface area contributed by atoms with Crippen molar-refractivity contribution < 1.29 is 0 Å². The fraction of sp³-hybridized carbons (Fsp3) is 1.00. The fourth-order valence-electron chi connectivity index (χ4n) is 2.02. The third-order valence-corrected chi connectivity index (χ3v) is 2.95. The van der Waals surface area contributed by atoms with Gasteiger partial charge in [-0.05, 0) is 59.5 Å². The van der Waals surface area contributed by atoms with Gasteiger partial charge >= 0.3 is 0 Å². The molecule has 0 aliphatic heterocycles. The summed E-state index contributed by atoms with van der Waals surface area (Å²) in [4.78, 5) is 4.92. The first-order chi connectivity index (χ1) is 8.70. The summed E-state index contributed by atoms with van der Waals surface area (Å²) in [5.41, 5.74) is 0. The van der Waals surface area contributed by atoms with Gasteiger partial charge < -0.3 is 9.80 Å². The van der Waals surface area contributed by atoms with Crippen LogP contribution in [0.25, 0.3) is 0 Å². The number of hydrogen-bond donors (Lipinski definition) is 0. The van der Waals surface area contributed by atoms with Crippen LogP contribution in [0.4, 0.5) is 0 Å². The highest BCUT2D eigenvalue weighted by Crippen LogP contribution is 2.03. The van der Waals surface area contributed by atoms with E-state index in [4.69, 9.17) is 0 Å². The average Bonchev–Trinajstić information content (AvgIpc) is 2.36. The van der Waals surface area contributed by atoms with Gasteiger partial charge in [-0.25, -0.2) is 0 Å². The van der Waals surface area contributed by atoms with Crippen molar-refractivity contribution in [3.8, 4) is 0 Å². The van der Waals surface area contributed by atoms with Gasteiger partial charge in [0.05, 0.1) is 0 Å². The summed E-state index contributed by atoms with van der Waals surface area (Å²) in [6.45, 7) is 13.6. The first-order valence-electron chi connectivity index (χ1n) is 8.07. The molecular formula is C16H38N2. The quantitative estimate of drug-likeness (QED) is 0.511. The summed E-state index contributed by atoms with van der Waals surface area (Å²) in [5, 5.41) is 0. The van der Waals surface area contributed by atoms with E-state index in [1.807, 2.05) is 13.8 Å². The Hall–Kier alpha value is -0.0800. The molecule has 2 nitrogen and oxygen atoms in total. The topological polar surface area (TPSA) is 6.48 Å². The number of rotatable bonds is 11. The van der Waals surface area contributed by atoms with Gasteiger partial charge in [-0.3, -0.25) is 0 Å². The average molecular weight is 258 g/mol. The minimum atomic E-state index is 1.22. The summed E-state index contributed by atoms with van der Waals surface area (Å²) in [6, 6.07) is 0. The van der Waals surface area contributed by atoms with Crippen molar-refractivity contribution in [1.29, 1.82) is 0 Å². The molecule has 0 fully saturated rings. The summed E-state index contributed by atoms with van der Waals surface area (Å²) in [6.07, 6.45) is 8.13. The van der Waals surface area contributed by atoms with E-state index in [2.05, 4.69) is 37.7 Å². The normalized spacial score (nSPS) is 10.7. The predicted molar refractivity (Wildman–Crippen MR) is 85.4 cm³/mol. The molecule has 0 radical (unpaired) electrons. The van der Waals surface area contributed by atoms with E-state index in [1.165, 1.54) is 64.7 Å². The summed E-state index contributed by atoms with van der Waals surface area (Å²) in [5.74, 6) is 0. The van der Waals surface area contributed by atoms with Gasteiger partial charge in [0.1, 0.15) is 0 Å². The van der Waals surface area contributed by atoms with Crippen molar-refractivity contribution in [2.75, 3.05) is 40.3 Å². The molecule has 0 heterocycles. The number of hydrogen-bond acceptors (Lipinski definition) is 2. The van der Waals surface area contributed by atoms with Gasteiger partial charge in [0.15, 0.2) is 0 Å². The molecule has 0 saturated heterocycles. The molecule has 2 heteroatoms. The highest BCUT2D eigenvalue weighted by molar-refractivity contribution is 4.59. The lowest BCUT2D eigenvalue weighted by molar-refractivity contribution is 0.250. The third-order valence-electron chi connectivity index (χ3n) is 2.95. The highest BCUT2D eigenvalue weighted by atomic mass is 15.1. The number of nitrogens with zero attached hydrogens (tertiary/aromatic N) is 2. The zero-order valence-electron chi connectivity index (χ0n) is 14.0. The lowest BCUT2D eigenvalue weighted by Gasteiger charge is -2.22. The van der Waals surface area contributed by atoms with Crippen molar-refractivity contribution >= 4 is 0 Å². The smallest absolute Gasteiger partial charge is 0.000655 e. The maximum absolute atomic E-state index is 2.64. The molecule has 0 atom stereocenters. The maximum atomic E-state index is 2.64. The lowest BCUT2D eigenvalue weighted by atomic mass is 10.2. The molecule has 0 aromatic rings. The molecule has 0 aliphatic rings. The molecule has 0 aromatic heterocycles. The van der Waals surface area contributed by atoms with E-state index in [-0.39, 0.29) is 0 Å². The van der Waals surface area contributed by atoms with E-state index in [1.54, 1.807) is 0 Å². The molecule has 0 aliphatic carbocycles. The molecule has 0 unspecified atom stereocenters. The Kier molecular flexibility index (Phi) is 19.0. The zero-order valence-corrected chi connectivity index (χ0v) is 14.0. The molecule has 0 spiro atoms. The zero-order chi connectivity index (χ0) is 14.2. The van der Waals surface area contributed by atoms with Crippen LogP contribution in [0.15, 0.2) is 0 Å². The Balaban J connectivity index is 0.